The van der Waals surface area contributed by atoms with Gasteiger partial charge in [0, 0.05) is 30.6 Å². The Bertz CT molecular complexity index is 1410. The molecule has 1 saturated heterocycles. The van der Waals surface area contributed by atoms with Crippen molar-refractivity contribution in [3.8, 4) is 0 Å². The maximum absolute atomic E-state index is 13.8. The van der Waals surface area contributed by atoms with E-state index < -0.39 is 5.82 Å². The molecule has 0 unspecified atom stereocenters. The van der Waals surface area contributed by atoms with E-state index in [0.29, 0.717) is 32.3 Å². The molecule has 1 fully saturated rings. The Morgan fingerprint density at radius 3 is 2.05 bits per heavy atom. The number of Topliss-reactive ketones (excluding diaryl/α,β-unsaturated/α-hetero) is 1. The van der Waals surface area contributed by atoms with Gasteiger partial charge >= 0.3 is 0 Å². The Hall–Kier alpha value is -3.84. The molecule has 4 nitrogen and oxygen atoms in total. The van der Waals surface area contributed by atoms with Crippen LogP contribution in [0.4, 0.5) is 8.78 Å². The number of likely N-dealkylation sites (tertiary alicyclic amines) is 1. The van der Waals surface area contributed by atoms with Crippen LogP contribution in [-0.4, -0.2) is 34.8 Å². The second-order valence-electron chi connectivity index (χ2n) is 8.89. The molecule has 1 amide bonds. The van der Waals surface area contributed by atoms with E-state index in [2.05, 4.69) is 9.89 Å². The quantitative estimate of drug-likeness (QED) is 0.269. The first-order valence-corrected chi connectivity index (χ1v) is 12.9. The van der Waals surface area contributed by atoms with Gasteiger partial charge in [-0.3, -0.25) is 9.59 Å². The Labute approximate surface area is 218 Å². The molecule has 2 aliphatic rings. The molecule has 0 bridgehead atoms. The largest absolute Gasteiger partial charge is 0.351 e. The van der Waals surface area contributed by atoms with Crippen LogP contribution in [0, 0.1) is 11.6 Å². The third-order valence-corrected chi connectivity index (χ3v) is 7.47. The smallest absolute Gasteiger partial charge is 0.286 e. The summed E-state index contributed by atoms with van der Waals surface area (Å²) in [7, 11) is 0. The van der Waals surface area contributed by atoms with Crippen molar-refractivity contribution in [2.75, 3.05) is 13.1 Å². The van der Waals surface area contributed by atoms with E-state index in [1.165, 1.54) is 48.2 Å². The summed E-state index contributed by atoms with van der Waals surface area (Å²) in [5.41, 5.74) is 3.13. The van der Waals surface area contributed by atoms with E-state index in [-0.39, 0.29) is 23.9 Å². The number of carbonyl (C=O) groups is 2. The summed E-state index contributed by atoms with van der Waals surface area (Å²) in [6.07, 6.45) is 3.97. The van der Waals surface area contributed by atoms with Gasteiger partial charge in [-0.15, -0.1) is 0 Å². The average Bonchev–Trinajstić information content (AvgIpc) is 3.58. The topological polar surface area (TPSA) is 49.7 Å². The summed E-state index contributed by atoms with van der Waals surface area (Å²) in [4.78, 5) is 33.2. The molecule has 3 aromatic carbocycles. The molecule has 2 aliphatic heterocycles. The van der Waals surface area contributed by atoms with Crippen molar-refractivity contribution in [2.45, 2.75) is 19.3 Å². The summed E-state index contributed by atoms with van der Waals surface area (Å²) in [5, 5.41) is 0.675. The van der Waals surface area contributed by atoms with Gasteiger partial charge in [0.05, 0.1) is 4.91 Å². The van der Waals surface area contributed by atoms with E-state index in [9.17, 15) is 18.4 Å². The first kappa shape index (κ1) is 24.8. The van der Waals surface area contributed by atoms with E-state index in [1.807, 2.05) is 36.4 Å². The number of aliphatic imine (C=N–C) groups is 1. The average molecular weight is 515 g/mol. The number of amides is 1. The summed E-state index contributed by atoms with van der Waals surface area (Å²) < 4.78 is 27.2. The SMILES string of the molecule is O=C1N=C(N2CCCC2)SC1=C(C=C(CC(=O)c1ccc(F)cc1)c1ccccc1)c1ccc(F)cc1. The van der Waals surface area contributed by atoms with Crippen molar-refractivity contribution in [1.29, 1.82) is 0 Å². The van der Waals surface area contributed by atoms with Crippen LogP contribution >= 0.6 is 11.8 Å². The molecular formula is C30H24F2N2O2S. The molecule has 2 heterocycles. The van der Waals surface area contributed by atoms with Crippen molar-refractivity contribution in [1.82, 2.24) is 4.90 Å². The van der Waals surface area contributed by atoms with Crippen molar-refractivity contribution in [3.63, 3.8) is 0 Å². The minimum Gasteiger partial charge on any atom is -0.351 e. The van der Waals surface area contributed by atoms with E-state index >= 15 is 0 Å². The third kappa shape index (κ3) is 5.78. The molecule has 5 rings (SSSR count). The number of carbonyl (C=O) groups excluding carboxylic acids is 2. The minimum atomic E-state index is -0.413. The van der Waals surface area contributed by atoms with E-state index in [0.717, 1.165) is 31.5 Å². The molecule has 7 heteroatoms. The first-order valence-electron chi connectivity index (χ1n) is 12.1. The minimum absolute atomic E-state index is 0.0340. The van der Waals surface area contributed by atoms with Gasteiger partial charge in [0.2, 0.25) is 0 Å². The second-order valence-corrected chi connectivity index (χ2v) is 9.87. The van der Waals surface area contributed by atoms with Crippen molar-refractivity contribution < 1.29 is 18.4 Å². The highest BCUT2D eigenvalue weighted by molar-refractivity contribution is 8.18. The molecule has 0 atom stereocenters. The van der Waals surface area contributed by atoms with Gasteiger partial charge in [0.1, 0.15) is 11.6 Å². The van der Waals surface area contributed by atoms with Gasteiger partial charge in [0.25, 0.3) is 5.91 Å². The fourth-order valence-electron chi connectivity index (χ4n) is 4.39. The predicted molar refractivity (Wildman–Crippen MR) is 144 cm³/mol. The highest BCUT2D eigenvalue weighted by Crippen LogP contribution is 2.38. The number of amidine groups is 1. The molecule has 0 aromatic heterocycles. The fraction of sp³-hybridized carbons (Fsp3) is 0.167. The first-order chi connectivity index (χ1) is 18.0. The number of hydrogen-bond acceptors (Lipinski definition) is 4. The molecule has 0 spiro atoms. The van der Waals surface area contributed by atoms with Crippen LogP contribution in [0.25, 0.3) is 11.1 Å². The zero-order valence-corrected chi connectivity index (χ0v) is 20.8. The lowest BCUT2D eigenvalue weighted by Crippen LogP contribution is -2.23. The number of rotatable bonds is 6. The van der Waals surface area contributed by atoms with Crippen LogP contribution < -0.4 is 0 Å². The monoisotopic (exact) mass is 514 g/mol. The predicted octanol–water partition coefficient (Wildman–Crippen LogP) is 6.76. The molecule has 3 aromatic rings. The second kappa shape index (κ2) is 11.0. The molecule has 0 saturated carbocycles. The van der Waals surface area contributed by atoms with Gasteiger partial charge in [-0.25, -0.2) is 8.78 Å². The molecule has 186 valence electrons. The lowest BCUT2D eigenvalue weighted by molar-refractivity contribution is -0.113. The van der Waals surface area contributed by atoms with Crippen LogP contribution in [0.1, 0.15) is 40.7 Å². The number of ketones is 1. The Balaban J connectivity index is 1.59. The van der Waals surface area contributed by atoms with Crippen LogP contribution in [0.3, 0.4) is 0 Å². The Morgan fingerprint density at radius 2 is 1.43 bits per heavy atom. The summed E-state index contributed by atoms with van der Waals surface area (Å²) in [5.74, 6) is -1.33. The van der Waals surface area contributed by atoms with Gasteiger partial charge in [-0.2, -0.15) is 4.99 Å². The number of hydrogen-bond donors (Lipinski definition) is 0. The Kier molecular flexibility index (Phi) is 7.42. The van der Waals surface area contributed by atoms with Crippen molar-refractivity contribution in [3.05, 3.63) is 118 Å². The summed E-state index contributed by atoms with van der Waals surface area (Å²) in [6.45, 7) is 1.71. The lowest BCUT2D eigenvalue weighted by atomic mass is 9.93. The Morgan fingerprint density at radius 1 is 0.838 bits per heavy atom. The standard InChI is InChI=1S/C30H24F2N2O2S/c31-24-12-8-21(9-13-24)26(28-29(36)33-30(37-28)34-16-4-5-17-34)18-23(20-6-2-1-3-7-20)19-27(35)22-10-14-25(32)15-11-22/h1-3,6-15,18H,4-5,16-17,19H2. The van der Waals surface area contributed by atoms with Crippen LogP contribution in [0.5, 0.6) is 0 Å². The van der Waals surface area contributed by atoms with Crippen molar-refractivity contribution in [2.24, 2.45) is 4.99 Å². The molecule has 0 aliphatic carbocycles. The number of nitrogens with zero attached hydrogens (tertiary/aromatic N) is 2. The molecular weight excluding hydrogens is 490 g/mol. The summed E-state index contributed by atoms with van der Waals surface area (Å²) >= 11 is 1.32. The lowest BCUT2D eigenvalue weighted by Gasteiger charge is -2.16. The molecule has 0 N–H and O–H groups in total. The third-order valence-electron chi connectivity index (χ3n) is 6.34. The van der Waals surface area contributed by atoms with Crippen LogP contribution in [0.15, 0.2) is 94.8 Å². The van der Waals surface area contributed by atoms with E-state index in [4.69, 9.17) is 0 Å². The molecule has 0 radical (unpaired) electrons. The van der Waals surface area contributed by atoms with Gasteiger partial charge in [-0.1, -0.05) is 42.5 Å². The highest BCUT2D eigenvalue weighted by atomic mass is 32.2. The van der Waals surface area contributed by atoms with Crippen LogP contribution in [-0.2, 0) is 4.79 Å². The highest BCUT2D eigenvalue weighted by Gasteiger charge is 2.30. The number of halogens is 2. The zero-order chi connectivity index (χ0) is 25.8. The van der Waals surface area contributed by atoms with Crippen molar-refractivity contribution >= 4 is 39.8 Å². The number of allylic oxidation sites excluding steroid dienone is 3. The number of thioether (sulfide) groups is 1. The van der Waals surface area contributed by atoms with Gasteiger partial charge in [-0.05, 0) is 83.8 Å². The number of benzene rings is 3. The summed E-state index contributed by atoms with van der Waals surface area (Å²) in [6, 6.07) is 20.8. The van der Waals surface area contributed by atoms with Gasteiger partial charge in [0.15, 0.2) is 11.0 Å². The van der Waals surface area contributed by atoms with Gasteiger partial charge < -0.3 is 4.90 Å². The van der Waals surface area contributed by atoms with Crippen LogP contribution in [0.2, 0.25) is 0 Å². The normalized spacial score (nSPS) is 17.2. The maximum Gasteiger partial charge on any atom is 0.286 e. The fourth-order valence-corrected chi connectivity index (χ4v) is 5.43. The maximum atomic E-state index is 13.8. The molecule has 37 heavy (non-hydrogen) atoms. The zero-order valence-electron chi connectivity index (χ0n) is 20.0. The van der Waals surface area contributed by atoms with E-state index in [1.54, 1.807) is 12.1 Å².